The second-order valence-corrected chi connectivity index (χ2v) is 3.65. The number of methoxy groups -OCH3 is 1. The highest BCUT2D eigenvalue weighted by atomic mass is 16.5. The second kappa shape index (κ2) is 10.0. The molecule has 0 radical (unpaired) electrons. The Morgan fingerprint density at radius 2 is 2.06 bits per heavy atom. The van der Waals surface area contributed by atoms with E-state index in [1.165, 1.54) is 7.11 Å². The van der Waals surface area contributed by atoms with Crippen molar-refractivity contribution in [3.63, 3.8) is 0 Å². The van der Waals surface area contributed by atoms with Crippen LogP contribution in [0.4, 0.5) is 0 Å². The lowest BCUT2D eigenvalue weighted by molar-refractivity contribution is -0.142. The number of carbonyl (C=O) groups is 2. The van der Waals surface area contributed by atoms with Crippen LogP contribution in [0.15, 0.2) is 0 Å². The molecule has 17 heavy (non-hydrogen) atoms. The average Bonchev–Trinajstić information content (AvgIpc) is 2.29. The largest absolute Gasteiger partial charge is 0.480 e. The number of amides is 1. The third-order valence-electron chi connectivity index (χ3n) is 2.14. The van der Waals surface area contributed by atoms with Gasteiger partial charge in [0.1, 0.15) is 12.6 Å². The molecular weight excluding hydrogens is 226 g/mol. The molecule has 6 nitrogen and oxygen atoms in total. The van der Waals surface area contributed by atoms with E-state index < -0.39 is 17.9 Å². The Balaban J connectivity index is 3.83. The van der Waals surface area contributed by atoms with Crippen LogP contribution >= 0.6 is 0 Å². The van der Waals surface area contributed by atoms with Crippen LogP contribution in [0.25, 0.3) is 0 Å². The summed E-state index contributed by atoms with van der Waals surface area (Å²) in [6.45, 7) is 2.55. The Morgan fingerprint density at radius 1 is 1.35 bits per heavy atom. The summed E-state index contributed by atoms with van der Waals surface area (Å²) < 4.78 is 9.74. The molecule has 0 aliphatic carbocycles. The first-order valence-corrected chi connectivity index (χ1v) is 5.70. The van der Waals surface area contributed by atoms with Crippen LogP contribution in [0.3, 0.4) is 0 Å². The molecule has 1 amide bonds. The molecule has 0 aliphatic rings. The summed E-state index contributed by atoms with van der Waals surface area (Å²) >= 11 is 0. The Labute approximate surface area is 101 Å². The van der Waals surface area contributed by atoms with Gasteiger partial charge in [-0.1, -0.05) is 19.8 Å². The molecule has 0 heterocycles. The van der Waals surface area contributed by atoms with Crippen LogP contribution in [0.2, 0.25) is 0 Å². The SMILES string of the molecule is CCCC[C@@H](NC(=O)COCCOC)C(=O)O. The van der Waals surface area contributed by atoms with Crippen LogP contribution in [-0.2, 0) is 19.1 Å². The van der Waals surface area contributed by atoms with Gasteiger partial charge >= 0.3 is 5.97 Å². The molecule has 1 atom stereocenters. The van der Waals surface area contributed by atoms with Crippen molar-refractivity contribution in [2.75, 3.05) is 26.9 Å². The van der Waals surface area contributed by atoms with Crippen molar-refractivity contribution in [1.82, 2.24) is 5.32 Å². The first-order chi connectivity index (χ1) is 8.11. The molecule has 0 aromatic rings. The van der Waals surface area contributed by atoms with Crippen molar-refractivity contribution in [3.05, 3.63) is 0 Å². The number of aliphatic carboxylic acids is 1. The molecule has 0 bridgehead atoms. The first-order valence-electron chi connectivity index (χ1n) is 5.70. The van der Waals surface area contributed by atoms with Crippen molar-refractivity contribution in [2.24, 2.45) is 0 Å². The van der Waals surface area contributed by atoms with Crippen molar-refractivity contribution in [2.45, 2.75) is 32.2 Å². The van der Waals surface area contributed by atoms with Crippen molar-refractivity contribution < 1.29 is 24.2 Å². The molecule has 0 aromatic heterocycles. The number of carboxylic acids is 1. The lowest BCUT2D eigenvalue weighted by Gasteiger charge is -2.14. The van der Waals surface area contributed by atoms with E-state index in [1.807, 2.05) is 6.92 Å². The molecule has 0 saturated heterocycles. The number of hydrogen-bond acceptors (Lipinski definition) is 4. The highest BCUT2D eigenvalue weighted by molar-refractivity contribution is 5.84. The summed E-state index contributed by atoms with van der Waals surface area (Å²) in [7, 11) is 1.54. The van der Waals surface area contributed by atoms with Crippen LogP contribution in [0, 0.1) is 0 Å². The van der Waals surface area contributed by atoms with Gasteiger partial charge < -0.3 is 19.9 Å². The molecule has 2 N–H and O–H groups in total. The minimum Gasteiger partial charge on any atom is -0.480 e. The number of nitrogens with one attached hydrogen (secondary N) is 1. The minimum absolute atomic E-state index is 0.140. The summed E-state index contributed by atoms with van der Waals surface area (Å²) in [6.07, 6.45) is 2.10. The number of hydrogen-bond donors (Lipinski definition) is 2. The first kappa shape index (κ1) is 15.9. The van der Waals surface area contributed by atoms with Gasteiger partial charge in [-0.3, -0.25) is 4.79 Å². The highest BCUT2D eigenvalue weighted by Crippen LogP contribution is 2.00. The monoisotopic (exact) mass is 247 g/mol. The fourth-order valence-corrected chi connectivity index (χ4v) is 1.21. The molecule has 0 aliphatic heterocycles. The quantitative estimate of drug-likeness (QED) is 0.546. The number of ether oxygens (including phenoxy) is 2. The van der Waals surface area contributed by atoms with Gasteiger partial charge in [0.15, 0.2) is 0 Å². The molecule has 6 heteroatoms. The molecule has 100 valence electrons. The number of rotatable bonds is 10. The lowest BCUT2D eigenvalue weighted by Crippen LogP contribution is -2.42. The zero-order valence-electron chi connectivity index (χ0n) is 10.4. The Hall–Kier alpha value is -1.14. The molecule has 0 saturated carbocycles. The molecule has 0 fully saturated rings. The van der Waals surface area contributed by atoms with E-state index in [2.05, 4.69) is 5.32 Å². The van der Waals surface area contributed by atoms with Crippen molar-refractivity contribution in [1.29, 1.82) is 0 Å². The Bertz CT molecular complexity index is 232. The molecule has 0 spiro atoms. The van der Waals surface area contributed by atoms with Gasteiger partial charge in [0, 0.05) is 7.11 Å². The minimum atomic E-state index is -1.01. The fraction of sp³-hybridized carbons (Fsp3) is 0.818. The summed E-state index contributed by atoms with van der Waals surface area (Å²) in [4.78, 5) is 22.2. The predicted octanol–water partition coefficient (Wildman–Crippen LogP) is 0.409. The van der Waals surface area contributed by atoms with E-state index >= 15 is 0 Å². The van der Waals surface area contributed by atoms with Crippen LogP contribution in [0.5, 0.6) is 0 Å². The summed E-state index contributed by atoms with van der Waals surface area (Å²) in [5.74, 6) is -1.42. The van der Waals surface area contributed by atoms with E-state index in [0.29, 0.717) is 19.6 Å². The Morgan fingerprint density at radius 3 is 2.59 bits per heavy atom. The smallest absolute Gasteiger partial charge is 0.326 e. The van der Waals surface area contributed by atoms with Crippen molar-refractivity contribution >= 4 is 11.9 Å². The van der Waals surface area contributed by atoms with Gasteiger partial charge in [0.2, 0.25) is 5.91 Å². The normalized spacial score (nSPS) is 12.1. The molecular formula is C11H21NO5. The van der Waals surface area contributed by atoms with Gasteiger partial charge in [-0.15, -0.1) is 0 Å². The molecule has 0 rings (SSSR count). The predicted molar refractivity (Wildman–Crippen MR) is 61.8 cm³/mol. The van der Waals surface area contributed by atoms with Crippen molar-refractivity contribution in [3.8, 4) is 0 Å². The molecule has 0 unspecified atom stereocenters. The summed E-state index contributed by atoms with van der Waals surface area (Å²) in [5, 5.41) is 11.3. The van der Waals surface area contributed by atoms with Crippen LogP contribution in [-0.4, -0.2) is 50.0 Å². The standard InChI is InChI=1S/C11H21NO5/c1-3-4-5-9(11(14)15)12-10(13)8-17-7-6-16-2/h9H,3-8H2,1-2H3,(H,12,13)(H,14,15)/t9-/m1/s1. The van der Waals surface area contributed by atoms with Gasteiger partial charge in [-0.2, -0.15) is 0 Å². The van der Waals surface area contributed by atoms with Gasteiger partial charge in [0.05, 0.1) is 13.2 Å². The maximum atomic E-state index is 11.3. The zero-order chi connectivity index (χ0) is 13.1. The lowest BCUT2D eigenvalue weighted by atomic mass is 10.1. The summed E-state index contributed by atoms with van der Waals surface area (Å²) in [6, 6.07) is -0.825. The van der Waals surface area contributed by atoms with E-state index in [1.54, 1.807) is 0 Å². The zero-order valence-corrected chi connectivity index (χ0v) is 10.4. The van der Waals surface area contributed by atoms with Crippen LogP contribution in [0.1, 0.15) is 26.2 Å². The number of unbranched alkanes of at least 4 members (excludes halogenated alkanes) is 1. The topological polar surface area (TPSA) is 84.9 Å². The summed E-state index contributed by atoms with van der Waals surface area (Å²) in [5.41, 5.74) is 0. The van der Waals surface area contributed by atoms with E-state index in [0.717, 1.165) is 12.8 Å². The maximum absolute atomic E-state index is 11.3. The maximum Gasteiger partial charge on any atom is 0.326 e. The third kappa shape index (κ3) is 8.65. The number of carboxylic acid groups (broad SMARTS) is 1. The van der Waals surface area contributed by atoms with Gasteiger partial charge in [-0.05, 0) is 6.42 Å². The number of carbonyl (C=O) groups excluding carboxylic acids is 1. The Kier molecular flexibility index (Phi) is 9.37. The van der Waals surface area contributed by atoms with E-state index in [-0.39, 0.29) is 6.61 Å². The third-order valence-corrected chi connectivity index (χ3v) is 2.14. The highest BCUT2D eigenvalue weighted by Gasteiger charge is 2.18. The fourth-order valence-electron chi connectivity index (χ4n) is 1.21. The molecule has 0 aromatic carbocycles. The second-order valence-electron chi connectivity index (χ2n) is 3.65. The van der Waals surface area contributed by atoms with Gasteiger partial charge in [-0.25, -0.2) is 4.79 Å². The van der Waals surface area contributed by atoms with E-state index in [4.69, 9.17) is 14.6 Å². The van der Waals surface area contributed by atoms with Crippen LogP contribution < -0.4 is 5.32 Å². The van der Waals surface area contributed by atoms with Gasteiger partial charge in [0.25, 0.3) is 0 Å². The average molecular weight is 247 g/mol. The van der Waals surface area contributed by atoms with E-state index in [9.17, 15) is 9.59 Å².